The number of likely N-dealkylation sites (tertiary alicyclic amines) is 1. The van der Waals surface area contributed by atoms with Gasteiger partial charge < -0.3 is 15.2 Å². The Morgan fingerprint density at radius 2 is 2.11 bits per heavy atom. The van der Waals surface area contributed by atoms with Gasteiger partial charge in [0.1, 0.15) is 11.3 Å². The van der Waals surface area contributed by atoms with Crippen LogP contribution in [0.2, 0.25) is 0 Å². The molecule has 0 spiro atoms. The molecule has 1 amide bonds. The predicted octanol–water partition coefficient (Wildman–Crippen LogP) is 1.53. The van der Waals surface area contributed by atoms with E-state index in [1.807, 2.05) is 18.7 Å². The van der Waals surface area contributed by atoms with Crippen molar-refractivity contribution < 1.29 is 9.32 Å². The second kappa shape index (κ2) is 6.20. The lowest BCUT2D eigenvalue weighted by Crippen LogP contribution is -2.43. The van der Waals surface area contributed by atoms with E-state index in [9.17, 15) is 4.79 Å². The molecular formula is C12H20ClN3O2. The van der Waals surface area contributed by atoms with E-state index in [-0.39, 0.29) is 24.4 Å². The van der Waals surface area contributed by atoms with Crippen molar-refractivity contribution in [3.05, 3.63) is 17.0 Å². The Labute approximate surface area is 113 Å². The molecule has 1 saturated heterocycles. The smallest absolute Gasteiger partial charge is 0.259 e. The van der Waals surface area contributed by atoms with Crippen molar-refractivity contribution in [1.29, 1.82) is 0 Å². The standard InChI is InChI=1S/C12H19N3O2.ClH/c1-3-10-11(8(2)14-17-10)12(16)15-6-4-9(13)5-7-15;/h9H,3-7,13H2,1-2H3;1H. The molecule has 0 bridgehead atoms. The summed E-state index contributed by atoms with van der Waals surface area (Å²) in [7, 11) is 0. The number of aryl methyl sites for hydroxylation is 2. The maximum atomic E-state index is 12.4. The summed E-state index contributed by atoms with van der Waals surface area (Å²) < 4.78 is 5.16. The Morgan fingerprint density at radius 3 is 2.67 bits per heavy atom. The number of carbonyl (C=O) groups is 1. The summed E-state index contributed by atoms with van der Waals surface area (Å²) in [6.45, 7) is 5.23. The molecule has 2 heterocycles. The topological polar surface area (TPSA) is 72.4 Å². The van der Waals surface area contributed by atoms with Gasteiger partial charge in [0.15, 0.2) is 0 Å². The lowest BCUT2D eigenvalue weighted by molar-refractivity contribution is 0.0712. The average Bonchev–Trinajstić information content (AvgIpc) is 2.70. The van der Waals surface area contributed by atoms with Crippen LogP contribution in [0.5, 0.6) is 0 Å². The van der Waals surface area contributed by atoms with Crippen molar-refractivity contribution in [3.8, 4) is 0 Å². The monoisotopic (exact) mass is 273 g/mol. The zero-order valence-corrected chi connectivity index (χ0v) is 11.6. The number of rotatable bonds is 2. The molecule has 102 valence electrons. The van der Waals surface area contributed by atoms with E-state index >= 15 is 0 Å². The summed E-state index contributed by atoms with van der Waals surface area (Å²) in [6.07, 6.45) is 2.43. The second-order valence-corrected chi connectivity index (χ2v) is 4.55. The largest absolute Gasteiger partial charge is 0.360 e. The minimum atomic E-state index is 0. The molecule has 0 atom stereocenters. The second-order valence-electron chi connectivity index (χ2n) is 4.55. The highest BCUT2D eigenvalue weighted by Gasteiger charge is 2.26. The SMILES string of the molecule is CCc1onc(C)c1C(=O)N1CCC(N)CC1.Cl. The van der Waals surface area contributed by atoms with E-state index < -0.39 is 0 Å². The highest BCUT2D eigenvalue weighted by molar-refractivity contribution is 5.96. The third-order valence-electron chi connectivity index (χ3n) is 3.30. The summed E-state index contributed by atoms with van der Waals surface area (Å²) in [5, 5.41) is 3.87. The molecule has 5 nitrogen and oxygen atoms in total. The van der Waals surface area contributed by atoms with Crippen molar-refractivity contribution in [3.63, 3.8) is 0 Å². The number of hydrogen-bond donors (Lipinski definition) is 1. The molecule has 1 aliphatic rings. The van der Waals surface area contributed by atoms with Gasteiger partial charge in [-0.2, -0.15) is 0 Å². The number of hydrogen-bond acceptors (Lipinski definition) is 4. The summed E-state index contributed by atoms with van der Waals surface area (Å²) in [6, 6.07) is 0.230. The van der Waals surface area contributed by atoms with Crippen molar-refractivity contribution in [2.24, 2.45) is 5.73 Å². The fourth-order valence-corrected chi connectivity index (χ4v) is 2.19. The number of aromatic nitrogens is 1. The van der Waals surface area contributed by atoms with Crippen LogP contribution in [-0.4, -0.2) is 35.1 Å². The first-order chi connectivity index (χ1) is 8.13. The maximum absolute atomic E-state index is 12.4. The Kier molecular flexibility index (Phi) is 5.16. The number of piperidine rings is 1. The first kappa shape index (κ1) is 15.0. The summed E-state index contributed by atoms with van der Waals surface area (Å²) >= 11 is 0. The Morgan fingerprint density at radius 1 is 1.50 bits per heavy atom. The molecule has 2 N–H and O–H groups in total. The summed E-state index contributed by atoms with van der Waals surface area (Å²) in [5.41, 5.74) is 7.16. The summed E-state index contributed by atoms with van der Waals surface area (Å²) in [4.78, 5) is 14.2. The number of nitrogens with two attached hydrogens (primary N) is 1. The molecule has 0 radical (unpaired) electrons. The molecule has 6 heteroatoms. The minimum Gasteiger partial charge on any atom is -0.360 e. The fourth-order valence-electron chi connectivity index (χ4n) is 2.19. The molecule has 0 saturated carbocycles. The number of nitrogens with zero attached hydrogens (tertiary/aromatic N) is 2. The lowest BCUT2D eigenvalue weighted by atomic mass is 10.0. The summed E-state index contributed by atoms with van der Waals surface area (Å²) in [5.74, 6) is 0.717. The van der Waals surface area contributed by atoms with Crippen molar-refractivity contribution >= 4 is 18.3 Å². The first-order valence-electron chi connectivity index (χ1n) is 6.13. The van der Waals surface area contributed by atoms with Gasteiger partial charge in [0.25, 0.3) is 5.91 Å². The van der Waals surface area contributed by atoms with Gasteiger partial charge in [-0.05, 0) is 19.8 Å². The highest BCUT2D eigenvalue weighted by atomic mass is 35.5. The van der Waals surface area contributed by atoms with Crippen LogP contribution in [0.25, 0.3) is 0 Å². The first-order valence-corrected chi connectivity index (χ1v) is 6.13. The Balaban J connectivity index is 0.00000162. The molecule has 1 aromatic heterocycles. The van der Waals surface area contributed by atoms with Gasteiger partial charge in [0.05, 0.1) is 5.69 Å². The third kappa shape index (κ3) is 2.84. The predicted molar refractivity (Wildman–Crippen MR) is 71.0 cm³/mol. The van der Waals surface area contributed by atoms with Gasteiger partial charge in [0.2, 0.25) is 0 Å². The molecule has 1 aliphatic heterocycles. The van der Waals surface area contributed by atoms with Crippen LogP contribution in [0.3, 0.4) is 0 Å². The molecule has 0 aliphatic carbocycles. The zero-order valence-electron chi connectivity index (χ0n) is 10.8. The zero-order chi connectivity index (χ0) is 12.4. The lowest BCUT2D eigenvalue weighted by Gasteiger charge is -2.30. The van der Waals surface area contributed by atoms with E-state index in [2.05, 4.69) is 5.16 Å². The van der Waals surface area contributed by atoms with Crippen molar-refractivity contribution in [2.75, 3.05) is 13.1 Å². The molecular weight excluding hydrogens is 254 g/mol. The molecule has 0 aromatic carbocycles. The van der Waals surface area contributed by atoms with E-state index in [0.29, 0.717) is 23.4 Å². The highest BCUT2D eigenvalue weighted by Crippen LogP contribution is 2.19. The number of amides is 1. The molecule has 2 rings (SSSR count). The molecule has 1 aromatic rings. The quantitative estimate of drug-likeness (QED) is 0.887. The van der Waals surface area contributed by atoms with Gasteiger partial charge in [-0.3, -0.25) is 4.79 Å². The Hall–Kier alpha value is -1.07. The minimum absolute atomic E-state index is 0. The van der Waals surface area contributed by atoms with Crippen LogP contribution >= 0.6 is 12.4 Å². The maximum Gasteiger partial charge on any atom is 0.259 e. The molecule has 1 fully saturated rings. The van der Waals surface area contributed by atoms with Gasteiger partial charge in [-0.1, -0.05) is 12.1 Å². The van der Waals surface area contributed by atoms with Gasteiger partial charge in [-0.25, -0.2) is 0 Å². The number of carbonyl (C=O) groups excluding carboxylic acids is 1. The number of halogens is 1. The van der Waals surface area contributed by atoms with Gasteiger partial charge in [0, 0.05) is 25.6 Å². The third-order valence-corrected chi connectivity index (χ3v) is 3.30. The molecule has 0 unspecified atom stereocenters. The molecule has 18 heavy (non-hydrogen) atoms. The van der Waals surface area contributed by atoms with Gasteiger partial charge in [-0.15, -0.1) is 12.4 Å². The van der Waals surface area contributed by atoms with E-state index in [1.165, 1.54) is 0 Å². The van der Waals surface area contributed by atoms with Crippen LogP contribution < -0.4 is 5.73 Å². The van der Waals surface area contributed by atoms with E-state index in [4.69, 9.17) is 10.3 Å². The van der Waals surface area contributed by atoms with E-state index in [1.54, 1.807) is 0 Å². The average molecular weight is 274 g/mol. The van der Waals surface area contributed by atoms with Crippen LogP contribution in [0.1, 0.15) is 41.6 Å². The van der Waals surface area contributed by atoms with Crippen LogP contribution in [0.4, 0.5) is 0 Å². The normalized spacial score (nSPS) is 16.5. The fraction of sp³-hybridized carbons (Fsp3) is 0.667. The van der Waals surface area contributed by atoms with E-state index in [0.717, 1.165) is 25.9 Å². The van der Waals surface area contributed by atoms with Gasteiger partial charge >= 0.3 is 0 Å². The van der Waals surface area contributed by atoms with Crippen LogP contribution in [0, 0.1) is 6.92 Å². The Bertz CT molecular complexity index is 411. The van der Waals surface area contributed by atoms with Crippen molar-refractivity contribution in [2.45, 2.75) is 39.2 Å². The van der Waals surface area contributed by atoms with Crippen LogP contribution in [-0.2, 0) is 6.42 Å². The van der Waals surface area contributed by atoms with Crippen LogP contribution in [0.15, 0.2) is 4.52 Å². The van der Waals surface area contributed by atoms with Crippen molar-refractivity contribution in [1.82, 2.24) is 10.1 Å².